The number of piperidine rings is 1. The third-order valence-corrected chi connectivity index (χ3v) is 8.38. The van der Waals surface area contributed by atoms with Crippen LogP contribution in [0.2, 0.25) is 5.02 Å². The summed E-state index contributed by atoms with van der Waals surface area (Å²) >= 11 is 6.11. The number of methoxy groups -OCH3 is 1. The number of ether oxygens (including phenoxy) is 1. The van der Waals surface area contributed by atoms with Gasteiger partial charge in [-0.1, -0.05) is 24.4 Å². The number of aryl methyl sites for hydroxylation is 1. The number of amides is 1. The second-order valence-electron chi connectivity index (χ2n) is 8.47. The number of sulfonamides is 1. The van der Waals surface area contributed by atoms with E-state index >= 15 is 0 Å². The minimum Gasteiger partial charge on any atom is -0.495 e. The van der Waals surface area contributed by atoms with Gasteiger partial charge in [-0.05, 0) is 56.4 Å². The van der Waals surface area contributed by atoms with Gasteiger partial charge in [-0.2, -0.15) is 4.31 Å². The Kier molecular flexibility index (Phi) is 8.97. The van der Waals surface area contributed by atoms with E-state index in [1.54, 1.807) is 18.3 Å². The average Bonchev–Trinajstić information content (AvgIpc) is 3.19. The molecule has 1 amide bonds. The van der Waals surface area contributed by atoms with E-state index in [2.05, 4.69) is 21.7 Å². The van der Waals surface area contributed by atoms with E-state index < -0.39 is 10.0 Å². The van der Waals surface area contributed by atoms with E-state index in [1.807, 2.05) is 6.92 Å². The van der Waals surface area contributed by atoms with Crippen molar-refractivity contribution in [2.45, 2.75) is 43.9 Å². The maximum absolute atomic E-state index is 13.0. The number of benzene rings is 1. The van der Waals surface area contributed by atoms with E-state index in [0.29, 0.717) is 37.0 Å². The van der Waals surface area contributed by atoms with Crippen molar-refractivity contribution in [2.24, 2.45) is 5.92 Å². The van der Waals surface area contributed by atoms with E-state index in [4.69, 9.17) is 16.3 Å². The molecular formula is C24H32ClN4O4S+. The lowest BCUT2D eigenvalue weighted by Crippen LogP contribution is -2.38. The normalized spacial score (nSPS) is 15.0. The molecule has 34 heavy (non-hydrogen) atoms. The fourth-order valence-corrected chi connectivity index (χ4v) is 6.00. The molecule has 0 atom stereocenters. The summed E-state index contributed by atoms with van der Waals surface area (Å²) in [6, 6.07) is 6.32. The quantitative estimate of drug-likeness (QED) is 0.292. The fraction of sp³-hybridized carbons (Fsp3) is 0.458. The van der Waals surface area contributed by atoms with Crippen molar-refractivity contribution in [2.75, 3.05) is 26.7 Å². The Labute approximate surface area is 206 Å². The first kappa shape index (κ1) is 26.0. The van der Waals surface area contributed by atoms with Gasteiger partial charge in [0.1, 0.15) is 11.4 Å². The molecule has 0 aliphatic carbocycles. The molecule has 2 heterocycles. The summed E-state index contributed by atoms with van der Waals surface area (Å²) in [5, 5.41) is 3.22. The Bertz CT molecular complexity index is 1160. The van der Waals surface area contributed by atoms with Gasteiger partial charge in [0.2, 0.25) is 10.0 Å². The average molecular weight is 508 g/mol. The summed E-state index contributed by atoms with van der Waals surface area (Å²) in [6.45, 7) is 6.92. The highest BCUT2D eigenvalue weighted by molar-refractivity contribution is 7.89. The molecule has 8 nitrogen and oxygen atoms in total. The minimum absolute atomic E-state index is 0.135. The molecule has 1 aromatic carbocycles. The van der Waals surface area contributed by atoms with Gasteiger partial charge in [0.25, 0.3) is 12.6 Å². The Morgan fingerprint density at radius 2 is 2.06 bits per heavy atom. The van der Waals surface area contributed by atoms with Crippen LogP contribution < -0.4 is 14.7 Å². The van der Waals surface area contributed by atoms with Gasteiger partial charge in [0.15, 0.2) is 0 Å². The first-order chi connectivity index (χ1) is 16.3. The summed E-state index contributed by atoms with van der Waals surface area (Å²) in [5.41, 5.74) is 2.24. The summed E-state index contributed by atoms with van der Waals surface area (Å²) < 4.78 is 36.3. The number of rotatable bonds is 10. The van der Waals surface area contributed by atoms with Crippen LogP contribution in [0.1, 0.15) is 53.8 Å². The SMILES string of the molecule is C=[N+]=Cc1cc(C(=O)NCCCCC2CCN(S(=O)(=O)c3ccc(OC)c(Cl)c3)CC2)[nH]c1C. The molecule has 1 aromatic heterocycles. The van der Waals surface area contributed by atoms with Gasteiger partial charge in [0.05, 0.1) is 22.6 Å². The molecule has 184 valence electrons. The number of unbranched alkanes of at least 4 members (excludes halogenated alkanes) is 1. The van der Waals surface area contributed by atoms with E-state index in [0.717, 1.165) is 43.4 Å². The Hall–Kier alpha value is -2.58. The molecule has 2 N–H and O–H groups in total. The number of halogens is 1. The predicted molar refractivity (Wildman–Crippen MR) is 136 cm³/mol. The lowest BCUT2D eigenvalue weighted by Gasteiger charge is -2.31. The summed E-state index contributed by atoms with van der Waals surface area (Å²) in [6.07, 6.45) is 6.15. The zero-order valence-electron chi connectivity index (χ0n) is 19.6. The number of carbonyl (C=O) groups is 1. The number of H-pyrrole nitrogens is 1. The van der Waals surface area contributed by atoms with Crippen molar-refractivity contribution in [3.05, 3.63) is 46.2 Å². The molecule has 1 aliphatic rings. The second-order valence-corrected chi connectivity index (χ2v) is 10.8. The topological polar surface area (TPSA) is 106 Å². The molecular weight excluding hydrogens is 476 g/mol. The number of aromatic amines is 1. The lowest BCUT2D eigenvalue weighted by atomic mass is 9.92. The third kappa shape index (κ3) is 6.30. The molecule has 1 saturated heterocycles. The first-order valence-corrected chi connectivity index (χ1v) is 13.2. The van der Waals surface area contributed by atoms with Crippen molar-refractivity contribution in [1.29, 1.82) is 0 Å². The molecule has 0 radical (unpaired) electrons. The van der Waals surface area contributed by atoms with Crippen molar-refractivity contribution in [3.63, 3.8) is 0 Å². The van der Waals surface area contributed by atoms with Crippen LogP contribution in [0.25, 0.3) is 0 Å². The molecule has 2 aromatic rings. The maximum Gasteiger partial charge on any atom is 0.300 e. The number of nitrogens with zero attached hydrogens (tertiary/aromatic N) is 2. The molecule has 0 saturated carbocycles. The minimum atomic E-state index is -3.57. The summed E-state index contributed by atoms with van der Waals surface area (Å²) in [7, 11) is -2.08. The predicted octanol–water partition coefficient (Wildman–Crippen LogP) is 3.17. The number of aromatic nitrogens is 1. The van der Waals surface area contributed by atoms with Crippen molar-refractivity contribution < 1.29 is 17.9 Å². The largest absolute Gasteiger partial charge is 0.495 e. The van der Waals surface area contributed by atoms with Gasteiger partial charge < -0.3 is 15.0 Å². The van der Waals surface area contributed by atoms with Crippen molar-refractivity contribution in [1.82, 2.24) is 19.3 Å². The third-order valence-electron chi connectivity index (χ3n) is 6.19. The zero-order chi connectivity index (χ0) is 24.7. The second kappa shape index (κ2) is 11.7. The van der Waals surface area contributed by atoms with Crippen LogP contribution >= 0.6 is 11.6 Å². The van der Waals surface area contributed by atoms with Crippen LogP contribution in [0, 0.1) is 12.8 Å². The van der Waals surface area contributed by atoms with Gasteiger partial charge in [-0.25, -0.2) is 8.42 Å². The van der Waals surface area contributed by atoms with Gasteiger partial charge in [-0.3, -0.25) is 4.79 Å². The van der Waals surface area contributed by atoms with Crippen LogP contribution in [-0.2, 0) is 10.0 Å². The van der Waals surface area contributed by atoms with Gasteiger partial charge in [0, 0.05) is 25.3 Å². The molecule has 10 heteroatoms. The number of nitrogens with one attached hydrogen (secondary N) is 2. The van der Waals surface area contributed by atoms with Crippen molar-refractivity contribution >= 4 is 40.5 Å². The molecule has 1 fully saturated rings. The molecule has 0 bridgehead atoms. The highest BCUT2D eigenvalue weighted by Gasteiger charge is 2.29. The molecule has 0 spiro atoms. The Morgan fingerprint density at radius 3 is 2.71 bits per heavy atom. The Balaban J connectivity index is 1.39. The number of hydrogen-bond donors (Lipinski definition) is 2. The van der Waals surface area contributed by atoms with E-state index in [1.165, 1.54) is 23.5 Å². The molecule has 1 aliphatic heterocycles. The first-order valence-electron chi connectivity index (χ1n) is 11.4. The fourth-order valence-electron chi connectivity index (χ4n) is 4.18. The van der Waals surface area contributed by atoms with Crippen molar-refractivity contribution in [3.8, 4) is 5.75 Å². The highest BCUT2D eigenvalue weighted by atomic mass is 35.5. The van der Waals surface area contributed by atoms with Crippen LogP contribution in [0.4, 0.5) is 0 Å². The molecule has 3 rings (SSSR count). The van der Waals surface area contributed by atoms with Crippen LogP contribution in [0.15, 0.2) is 29.2 Å². The lowest BCUT2D eigenvalue weighted by molar-refractivity contribution is 0.0948. The summed E-state index contributed by atoms with van der Waals surface area (Å²) in [5.74, 6) is 0.799. The number of carbonyl (C=O) groups excluding carboxylic acids is 1. The molecule has 0 unspecified atom stereocenters. The van der Waals surface area contributed by atoms with E-state index in [-0.39, 0.29) is 15.8 Å². The number of hydrogen-bond acceptors (Lipinski definition) is 4. The smallest absolute Gasteiger partial charge is 0.300 e. The summed E-state index contributed by atoms with van der Waals surface area (Å²) in [4.78, 5) is 15.6. The standard InChI is InChI=1S/C24H31ClN4O4S/c1-17-19(16-26-2)14-22(28-17)24(30)27-11-5-4-6-18-9-12-29(13-10-18)34(31,32)20-7-8-23(33-3)21(25)15-20/h7-8,14-16,18H,2,4-6,9-13H2,1,3H3,(H,27,30)/p+1. The van der Waals surface area contributed by atoms with E-state index in [9.17, 15) is 13.2 Å². The van der Waals surface area contributed by atoms with Gasteiger partial charge in [-0.15, -0.1) is 4.67 Å². The monoisotopic (exact) mass is 507 g/mol. The maximum atomic E-state index is 13.0. The van der Waals surface area contributed by atoms with Crippen LogP contribution in [0.5, 0.6) is 5.75 Å². The van der Waals surface area contributed by atoms with Crippen LogP contribution in [0.3, 0.4) is 0 Å². The zero-order valence-corrected chi connectivity index (χ0v) is 21.2. The van der Waals surface area contributed by atoms with Crippen LogP contribution in [-0.4, -0.2) is 63.3 Å². The highest BCUT2D eigenvalue weighted by Crippen LogP contribution is 2.31. The van der Waals surface area contributed by atoms with Gasteiger partial charge >= 0.3 is 6.21 Å². The Morgan fingerprint density at radius 1 is 1.32 bits per heavy atom.